The molecule has 0 unspecified atom stereocenters. The Morgan fingerprint density at radius 2 is 1.75 bits per heavy atom. The molecule has 0 aromatic carbocycles. The Bertz CT molecular complexity index is 921. The average molecular weight is 527 g/mol. The summed E-state index contributed by atoms with van der Waals surface area (Å²) >= 11 is 0. The first-order valence-corrected chi connectivity index (χ1v) is 10.6. The summed E-state index contributed by atoms with van der Waals surface area (Å²) < 4.78 is 75.1. The molecule has 1 saturated carbocycles. The van der Waals surface area contributed by atoms with Gasteiger partial charge in [-0.2, -0.15) is 31.6 Å². The number of ether oxygens (including phenoxy) is 2. The van der Waals surface area contributed by atoms with Crippen LogP contribution in [0, 0.1) is 28.6 Å². The van der Waals surface area contributed by atoms with E-state index in [9.17, 15) is 26.3 Å². The first kappa shape index (κ1) is 29.1. The lowest BCUT2D eigenvalue weighted by molar-refractivity contribution is -0.193. The van der Waals surface area contributed by atoms with Gasteiger partial charge in [0.25, 0.3) is 0 Å². The highest BCUT2D eigenvalue weighted by Gasteiger charge is 2.51. The molecule has 2 aliphatic heterocycles. The maximum absolute atomic E-state index is 10.6. The zero-order valence-electron chi connectivity index (χ0n) is 18.7. The number of carboxylic acid groups (broad SMARTS) is 2. The maximum Gasteiger partial charge on any atom is 0.490 e. The molecule has 36 heavy (non-hydrogen) atoms. The number of hydrogen-bond acceptors (Lipinski definition) is 7. The number of aliphatic carboxylic acids is 2. The minimum absolute atomic E-state index is 0.116. The third kappa shape index (κ3) is 8.83. The first-order valence-electron chi connectivity index (χ1n) is 10.6. The van der Waals surface area contributed by atoms with Crippen molar-refractivity contribution in [3.8, 4) is 11.9 Å². The number of fused-ring (bicyclic) bond motifs is 1. The van der Waals surface area contributed by atoms with Crippen LogP contribution in [0.5, 0.6) is 5.88 Å². The molecule has 2 atom stereocenters. The number of nitriles is 1. The summed E-state index contributed by atoms with van der Waals surface area (Å²) in [6.45, 7) is 5.75. The fraction of sp³-hybridized carbons (Fsp3) is 0.619. The summed E-state index contributed by atoms with van der Waals surface area (Å²) in [7, 11) is 0. The molecule has 4 rings (SSSR count). The number of nitrogens with zero attached hydrogens (tertiary/aromatic N) is 3. The second-order valence-electron chi connectivity index (χ2n) is 8.60. The third-order valence-electron chi connectivity index (χ3n) is 5.66. The SMILES string of the molecule is N#Cc1ccc(OC[C@]23COC[C@H]2CN(CC2CC2)C3)nc1.O=C(O)C(F)(F)F.O=C(O)C(F)(F)F. The van der Waals surface area contributed by atoms with E-state index in [1.807, 2.05) is 0 Å². The molecule has 3 heterocycles. The average Bonchev–Trinajstić information content (AvgIpc) is 3.41. The molecule has 1 aromatic heterocycles. The lowest BCUT2D eigenvalue weighted by atomic mass is 9.82. The Labute approximate surface area is 201 Å². The lowest BCUT2D eigenvalue weighted by Crippen LogP contribution is -2.37. The quantitative estimate of drug-likeness (QED) is 0.555. The number of carboxylic acids is 2. The molecule has 0 spiro atoms. The van der Waals surface area contributed by atoms with Gasteiger partial charge in [-0.1, -0.05) is 0 Å². The summed E-state index contributed by atoms with van der Waals surface area (Å²) in [5, 5.41) is 23.1. The molecule has 2 N–H and O–H groups in total. The number of hydrogen-bond donors (Lipinski definition) is 2. The number of pyridine rings is 1. The number of rotatable bonds is 5. The normalized spacial score (nSPS) is 23.3. The monoisotopic (exact) mass is 527 g/mol. The summed E-state index contributed by atoms with van der Waals surface area (Å²) in [6.07, 6.45) is -5.81. The van der Waals surface area contributed by atoms with Crippen molar-refractivity contribution in [2.24, 2.45) is 17.3 Å². The van der Waals surface area contributed by atoms with Gasteiger partial charge in [-0.3, -0.25) is 0 Å². The number of halogens is 6. The van der Waals surface area contributed by atoms with Gasteiger partial charge in [-0.05, 0) is 24.8 Å². The molecule has 0 bridgehead atoms. The van der Waals surface area contributed by atoms with Gasteiger partial charge in [0, 0.05) is 43.2 Å². The molecule has 0 radical (unpaired) electrons. The smallest absolute Gasteiger partial charge is 0.477 e. The van der Waals surface area contributed by atoms with Crippen molar-refractivity contribution in [3.63, 3.8) is 0 Å². The summed E-state index contributed by atoms with van der Waals surface area (Å²) in [5.41, 5.74) is 0.675. The molecule has 9 nitrogen and oxygen atoms in total. The number of alkyl halides is 6. The Hall–Kier alpha value is -3.12. The molecule has 0 amide bonds. The Balaban J connectivity index is 0.000000271. The highest BCUT2D eigenvalue weighted by atomic mass is 19.4. The highest BCUT2D eigenvalue weighted by Crippen LogP contribution is 2.43. The number of carbonyl (C=O) groups is 2. The van der Waals surface area contributed by atoms with Gasteiger partial charge < -0.3 is 24.6 Å². The van der Waals surface area contributed by atoms with Crippen LogP contribution in [0.2, 0.25) is 0 Å². The van der Waals surface area contributed by atoms with Crippen LogP contribution in [0.25, 0.3) is 0 Å². The standard InChI is InChI=1S/C17H21N3O2.2C2HF3O2/c18-5-14-3-4-16(19-6-14)22-12-17-10-20(7-13-1-2-13)8-15(17)9-21-11-17;2*3-2(4,5)1(6)7/h3-4,6,13,15H,1-2,7-12H2;2*(H,6,7)/t15-,17+;;/m1../s1. The van der Waals surface area contributed by atoms with Crippen molar-refractivity contribution in [1.29, 1.82) is 5.26 Å². The fourth-order valence-corrected chi connectivity index (χ4v) is 3.70. The van der Waals surface area contributed by atoms with E-state index in [1.54, 1.807) is 18.3 Å². The van der Waals surface area contributed by atoms with E-state index in [4.69, 9.17) is 34.5 Å². The van der Waals surface area contributed by atoms with Crippen LogP contribution in [0.1, 0.15) is 18.4 Å². The van der Waals surface area contributed by atoms with Gasteiger partial charge in [0.2, 0.25) is 5.88 Å². The van der Waals surface area contributed by atoms with Crippen LogP contribution in [-0.2, 0) is 14.3 Å². The summed E-state index contributed by atoms with van der Waals surface area (Å²) in [4.78, 5) is 24.6. The molecule has 3 aliphatic rings. The van der Waals surface area contributed by atoms with E-state index in [1.165, 1.54) is 19.4 Å². The molecular weight excluding hydrogens is 504 g/mol. The zero-order chi connectivity index (χ0) is 27.1. The number of likely N-dealkylation sites (tertiary alicyclic amines) is 1. The van der Waals surface area contributed by atoms with E-state index in [-0.39, 0.29) is 5.41 Å². The van der Waals surface area contributed by atoms with Gasteiger partial charge in [-0.15, -0.1) is 0 Å². The number of aromatic nitrogens is 1. The van der Waals surface area contributed by atoms with Crippen LogP contribution < -0.4 is 4.74 Å². The van der Waals surface area contributed by atoms with Crippen LogP contribution >= 0.6 is 0 Å². The van der Waals surface area contributed by atoms with Gasteiger partial charge in [0.15, 0.2) is 0 Å². The van der Waals surface area contributed by atoms with Crippen LogP contribution in [0.4, 0.5) is 26.3 Å². The molecule has 1 aromatic rings. The van der Waals surface area contributed by atoms with Crippen molar-refractivity contribution < 1.29 is 55.6 Å². The topological polar surface area (TPSA) is 133 Å². The highest BCUT2D eigenvalue weighted by molar-refractivity contribution is 5.73. The van der Waals surface area contributed by atoms with Gasteiger partial charge >= 0.3 is 24.3 Å². The predicted octanol–water partition coefficient (Wildman–Crippen LogP) is 2.96. The van der Waals surface area contributed by atoms with Crippen molar-refractivity contribution >= 4 is 11.9 Å². The van der Waals surface area contributed by atoms with Gasteiger partial charge in [0.1, 0.15) is 6.07 Å². The fourth-order valence-electron chi connectivity index (χ4n) is 3.70. The van der Waals surface area contributed by atoms with Gasteiger partial charge in [0.05, 0.1) is 25.4 Å². The van der Waals surface area contributed by atoms with E-state index in [0.717, 1.165) is 32.2 Å². The molecule has 1 aliphatic carbocycles. The second-order valence-corrected chi connectivity index (χ2v) is 8.60. The Kier molecular flexibility index (Phi) is 9.50. The third-order valence-corrected chi connectivity index (χ3v) is 5.66. The van der Waals surface area contributed by atoms with E-state index < -0.39 is 24.3 Å². The van der Waals surface area contributed by atoms with Crippen LogP contribution in [-0.4, -0.2) is 83.8 Å². The molecule has 3 fully saturated rings. The molecule has 2 saturated heterocycles. The first-order chi connectivity index (χ1) is 16.7. The van der Waals surface area contributed by atoms with E-state index in [2.05, 4.69) is 16.0 Å². The van der Waals surface area contributed by atoms with Gasteiger partial charge in [-0.25, -0.2) is 14.6 Å². The molecule has 200 valence electrons. The van der Waals surface area contributed by atoms with Crippen molar-refractivity contribution in [2.45, 2.75) is 25.2 Å². The minimum Gasteiger partial charge on any atom is -0.477 e. The summed E-state index contributed by atoms with van der Waals surface area (Å²) in [6, 6.07) is 5.59. The van der Waals surface area contributed by atoms with Crippen LogP contribution in [0.15, 0.2) is 18.3 Å². The zero-order valence-corrected chi connectivity index (χ0v) is 18.7. The van der Waals surface area contributed by atoms with Crippen molar-refractivity contribution in [2.75, 3.05) is 39.5 Å². The Morgan fingerprint density at radius 1 is 1.17 bits per heavy atom. The largest absolute Gasteiger partial charge is 0.490 e. The van der Waals surface area contributed by atoms with E-state index >= 15 is 0 Å². The predicted molar refractivity (Wildman–Crippen MR) is 108 cm³/mol. The minimum atomic E-state index is -5.08. The van der Waals surface area contributed by atoms with Crippen LogP contribution in [0.3, 0.4) is 0 Å². The van der Waals surface area contributed by atoms with E-state index in [0.29, 0.717) is 24.0 Å². The Morgan fingerprint density at radius 3 is 2.19 bits per heavy atom. The van der Waals surface area contributed by atoms with Crippen molar-refractivity contribution in [1.82, 2.24) is 9.88 Å². The molecular formula is C21H23F6N3O6. The summed E-state index contributed by atoms with van der Waals surface area (Å²) in [5.74, 6) is -3.41. The second kappa shape index (κ2) is 11.7. The lowest BCUT2D eigenvalue weighted by Gasteiger charge is -2.27. The maximum atomic E-state index is 10.6. The molecule has 15 heteroatoms. The van der Waals surface area contributed by atoms with Crippen molar-refractivity contribution in [3.05, 3.63) is 23.9 Å².